The second-order valence-corrected chi connectivity index (χ2v) is 8.73. The van der Waals surface area contributed by atoms with E-state index in [-0.39, 0.29) is 29.6 Å². The van der Waals surface area contributed by atoms with Crippen molar-refractivity contribution >= 4 is 17.6 Å². The number of esters is 1. The number of rotatable bonds is 5. The van der Waals surface area contributed by atoms with Crippen molar-refractivity contribution < 1.29 is 14.3 Å². The highest BCUT2D eigenvalue weighted by atomic mass is 16.5. The molecule has 8 nitrogen and oxygen atoms in total. The highest BCUT2D eigenvalue weighted by Crippen LogP contribution is 2.43. The summed E-state index contributed by atoms with van der Waals surface area (Å²) in [5.41, 5.74) is 0.612. The Balaban J connectivity index is 1.81. The van der Waals surface area contributed by atoms with Crippen LogP contribution in [0.1, 0.15) is 50.6 Å². The van der Waals surface area contributed by atoms with E-state index in [0.717, 1.165) is 0 Å². The standard InChI is InChI=1S/C22H31N5O3/c1-15(2)30-20(29)16-9-7-8-10-17(16)24-19(28)18-13-22(3,4)21(26(6)25(18)5)27-12-11-23-14-27/h7-12,14-15,18,21H,13H2,1-6H3,(H,24,28). The van der Waals surface area contributed by atoms with Gasteiger partial charge in [-0.3, -0.25) is 4.79 Å². The molecular formula is C22H31N5O3. The third kappa shape index (κ3) is 4.39. The lowest BCUT2D eigenvalue weighted by molar-refractivity contribution is -0.174. The molecule has 0 aliphatic carbocycles. The zero-order valence-electron chi connectivity index (χ0n) is 18.5. The highest BCUT2D eigenvalue weighted by molar-refractivity contribution is 6.02. The van der Waals surface area contributed by atoms with Gasteiger partial charge >= 0.3 is 5.97 Å². The number of ether oxygens (including phenoxy) is 1. The van der Waals surface area contributed by atoms with E-state index in [1.165, 1.54) is 0 Å². The second-order valence-electron chi connectivity index (χ2n) is 8.73. The average molecular weight is 414 g/mol. The number of imidazole rings is 1. The van der Waals surface area contributed by atoms with Gasteiger partial charge in [0.05, 0.1) is 23.7 Å². The van der Waals surface area contributed by atoms with Gasteiger partial charge in [0.1, 0.15) is 12.2 Å². The van der Waals surface area contributed by atoms with Crippen molar-refractivity contribution in [2.75, 3.05) is 19.4 Å². The summed E-state index contributed by atoms with van der Waals surface area (Å²) in [6.07, 6.45) is 5.93. The molecule has 2 heterocycles. The molecule has 1 aliphatic rings. The normalized spacial score (nSPS) is 22.1. The minimum Gasteiger partial charge on any atom is -0.459 e. The van der Waals surface area contributed by atoms with Gasteiger partial charge < -0.3 is 14.6 Å². The van der Waals surface area contributed by atoms with Crippen LogP contribution in [-0.4, -0.2) is 57.7 Å². The number of para-hydroxylation sites is 1. The monoisotopic (exact) mass is 413 g/mol. The Hall–Kier alpha value is -2.71. The zero-order valence-corrected chi connectivity index (χ0v) is 18.5. The molecule has 1 aromatic heterocycles. The molecule has 2 unspecified atom stereocenters. The van der Waals surface area contributed by atoms with Gasteiger partial charge in [-0.25, -0.2) is 19.8 Å². The van der Waals surface area contributed by atoms with Crippen LogP contribution in [0.3, 0.4) is 0 Å². The van der Waals surface area contributed by atoms with Crippen molar-refractivity contribution in [3.8, 4) is 0 Å². The Bertz CT molecular complexity index is 894. The van der Waals surface area contributed by atoms with Crippen molar-refractivity contribution in [3.05, 3.63) is 48.5 Å². The fraction of sp³-hybridized carbons (Fsp3) is 0.500. The van der Waals surface area contributed by atoms with E-state index in [1.54, 1.807) is 50.6 Å². The smallest absolute Gasteiger partial charge is 0.340 e. The largest absolute Gasteiger partial charge is 0.459 e. The van der Waals surface area contributed by atoms with Crippen molar-refractivity contribution in [1.82, 2.24) is 19.6 Å². The lowest BCUT2D eigenvalue weighted by Crippen LogP contribution is -2.60. The molecule has 30 heavy (non-hydrogen) atoms. The number of hydrogen-bond donors (Lipinski definition) is 1. The Morgan fingerprint density at radius 2 is 1.90 bits per heavy atom. The first-order chi connectivity index (χ1) is 14.1. The van der Waals surface area contributed by atoms with Gasteiger partial charge in [0.25, 0.3) is 0 Å². The fourth-order valence-electron chi connectivity index (χ4n) is 4.17. The summed E-state index contributed by atoms with van der Waals surface area (Å²) >= 11 is 0. The van der Waals surface area contributed by atoms with E-state index >= 15 is 0 Å². The van der Waals surface area contributed by atoms with Crippen LogP contribution in [0.5, 0.6) is 0 Å². The molecule has 1 amide bonds. The Labute approximate surface area is 177 Å². The number of carbonyl (C=O) groups is 2. The van der Waals surface area contributed by atoms with E-state index in [0.29, 0.717) is 17.7 Å². The van der Waals surface area contributed by atoms with Crippen LogP contribution in [0.4, 0.5) is 5.69 Å². The molecule has 1 aliphatic heterocycles. The minimum atomic E-state index is -0.449. The summed E-state index contributed by atoms with van der Waals surface area (Å²) in [7, 11) is 3.88. The average Bonchev–Trinajstić information content (AvgIpc) is 3.18. The number of aromatic nitrogens is 2. The van der Waals surface area contributed by atoms with Crippen LogP contribution in [-0.2, 0) is 9.53 Å². The molecule has 0 radical (unpaired) electrons. The third-order valence-corrected chi connectivity index (χ3v) is 5.58. The molecule has 1 fully saturated rings. The molecule has 8 heteroatoms. The van der Waals surface area contributed by atoms with Gasteiger partial charge in [-0.2, -0.15) is 0 Å². The van der Waals surface area contributed by atoms with Crippen LogP contribution in [0.2, 0.25) is 0 Å². The summed E-state index contributed by atoms with van der Waals surface area (Å²) in [6, 6.07) is 6.54. The molecule has 0 spiro atoms. The van der Waals surface area contributed by atoms with Crippen molar-refractivity contribution in [2.24, 2.45) is 5.41 Å². The lowest BCUT2D eigenvalue weighted by atomic mass is 9.79. The van der Waals surface area contributed by atoms with Crippen LogP contribution < -0.4 is 5.32 Å². The van der Waals surface area contributed by atoms with Crippen LogP contribution in [0.15, 0.2) is 43.0 Å². The number of anilines is 1. The molecule has 162 valence electrons. The third-order valence-electron chi connectivity index (χ3n) is 5.58. The highest BCUT2D eigenvalue weighted by Gasteiger charge is 2.46. The number of hydrazine groups is 1. The summed E-state index contributed by atoms with van der Waals surface area (Å²) in [5, 5.41) is 6.95. The van der Waals surface area contributed by atoms with E-state index < -0.39 is 5.97 Å². The molecule has 2 atom stereocenters. The molecule has 0 bridgehead atoms. The summed E-state index contributed by atoms with van der Waals surface area (Å²) in [5.74, 6) is -0.609. The predicted octanol–water partition coefficient (Wildman–Crippen LogP) is 3.16. The Morgan fingerprint density at radius 3 is 2.53 bits per heavy atom. The lowest BCUT2D eigenvalue weighted by Gasteiger charge is -2.52. The van der Waals surface area contributed by atoms with Crippen LogP contribution >= 0.6 is 0 Å². The predicted molar refractivity (Wildman–Crippen MR) is 115 cm³/mol. The maximum atomic E-state index is 13.3. The van der Waals surface area contributed by atoms with E-state index in [9.17, 15) is 9.59 Å². The van der Waals surface area contributed by atoms with Gasteiger partial charge in [0, 0.05) is 31.9 Å². The first-order valence-corrected chi connectivity index (χ1v) is 10.2. The Morgan fingerprint density at radius 1 is 1.20 bits per heavy atom. The number of carbonyl (C=O) groups excluding carboxylic acids is 2. The fourth-order valence-corrected chi connectivity index (χ4v) is 4.17. The molecule has 1 N–H and O–H groups in total. The van der Waals surface area contributed by atoms with E-state index in [2.05, 4.69) is 33.7 Å². The summed E-state index contributed by atoms with van der Waals surface area (Å²) in [6.45, 7) is 7.89. The zero-order chi connectivity index (χ0) is 22.1. The first-order valence-electron chi connectivity index (χ1n) is 10.2. The van der Waals surface area contributed by atoms with Crippen LogP contribution in [0.25, 0.3) is 0 Å². The number of hydrogen-bond acceptors (Lipinski definition) is 6. The summed E-state index contributed by atoms with van der Waals surface area (Å²) < 4.78 is 7.37. The molecule has 1 aromatic carbocycles. The van der Waals surface area contributed by atoms with Gasteiger partial charge in [-0.15, -0.1) is 0 Å². The molecular weight excluding hydrogens is 382 g/mol. The Kier molecular flexibility index (Phi) is 6.28. The van der Waals surface area contributed by atoms with E-state index in [4.69, 9.17) is 4.74 Å². The van der Waals surface area contributed by atoms with Gasteiger partial charge in [0.15, 0.2) is 0 Å². The van der Waals surface area contributed by atoms with Crippen LogP contribution in [0, 0.1) is 5.41 Å². The van der Waals surface area contributed by atoms with Gasteiger partial charge in [-0.1, -0.05) is 26.0 Å². The SMILES string of the molecule is CC(C)OC(=O)c1ccccc1NC(=O)C1CC(C)(C)C(n2ccnc2)N(C)N1C. The molecule has 2 aromatic rings. The van der Waals surface area contributed by atoms with E-state index in [1.807, 2.05) is 25.3 Å². The topological polar surface area (TPSA) is 79.7 Å². The summed E-state index contributed by atoms with van der Waals surface area (Å²) in [4.78, 5) is 29.9. The number of likely N-dealkylation sites (N-methyl/N-ethyl adjacent to an activating group) is 1. The minimum absolute atomic E-state index is 0.0300. The number of benzene rings is 1. The molecule has 3 rings (SSSR count). The molecule has 1 saturated heterocycles. The first kappa shape index (κ1) is 22.0. The van der Waals surface area contributed by atoms with Crippen molar-refractivity contribution in [1.29, 1.82) is 0 Å². The van der Waals surface area contributed by atoms with Gasteiger partial charge in [-0.05, 0) is 32.4 Å². The van der Waals surface area contributed by atoms with Crippen molar-refractivity contribution in [3.63, 3.8) is 0 Å². The maximum absolute atomic E-state index is 13.3. The maximum Gasteiger partial charge on any atom is 0.340 e. The number of nitrogens with zero attached hydrogens (tertiary/aromatic N) is 4. The second kappa shape index (κ2) is 8.57. The quantitative estimate of drug-likeness (QED) is 0.759. The number of amides is 1. The van der Waals surface area contributed by atoms with Gasteiger partial charge in [0.2, 0.25) is 5.91 Å². The number of nitrogens with one attached hydrogen (secondary N) is 1. The van der Waals surface area contributed by atoms with Crippen molar-refractivity contribution in [2.45, 2.75) is 52.4 Å². The molecule has 0 saturated carbocycles.